The summed E-state index contributed by atoms with van der Waals surface area (Å²) in [6.07, 6.45) is 3.29. The molecule has 1 fully saturated rings. The van der Waals surface area contributed by atoms with E-state index in [1.807, 2.05) is 25.3 Å². The van der Waals surface area contributed by atoms with Gasteiger partial charge in [-0.1, -0.05) is 29.8 Å². The smallest absolute Gasteiger partial charge is 0.191 e. The van der Waals surface area contributed by atoms with Crippen LogP contribution in [0, 0.1) is 6.92 Å². The van der Waals surface area contributed by atoms with Gasteiger partial charge in [-0.15, -0.1) is 0 Å². The number of nitrogens with one attached hydrogen (secondary N) is 2. The van der Waals surface area contributed by atoms with E-state index in [1.165, 1.54) is 5.56 Å². The summed E-state index contributed by atoms with van der Waals surface area (Å²) in [6, 6.07) is 11.8. The number of rotatable bonds is 6. The van der Waals surface area contributed by atoms with Gasteiger partial charge in [-0.25, -0.2) is 4.98 Å². The van der Waals surface area contributed by atoms with Crippen molar-refractivity contribution in [3.8, 4) is 0 Å². The minimum absolute atomic E-state index is 0.295. The Morgan fingerprint density at radius 2 is 1.97 bits per heavy atom. The zero-order valence-electron chi connectivity index (χ0n) is 17.1. The topological polar surface area (TPSA) is 72.8 Å². The highest BCUT2D eigenvalue weighted by atomic mass is 35.5. The molecule has 7 heteroatoms. The number of anilines is 1. The number of aliphatic imine (C=N–C) groups is 1. The maximum absolute atomic E-state index is 10.4. The highest BCUT2D eigenvalue weighted by Crippen LogP contribution is 2.19. The first kappa shape index (κ1) is 21.4. The quantitative estimate of drug-likeness (QED) is 0.498. The lowest BCUT2D eigenvalue weighted by Gasteiger charge is -2.34. The highest BCUT2D eigenvalue weighted by Gasteiger charge is 2.21. The molecule has 0 radical (unpaired) electrons. The number of hydrogen-bond acceptors (Lipinski definition) is 4. The van der Waals surface area contributed by atoms with Crippen molar-refractivity contribution in [1.82, 2.24) is 15.6 Å². The van der Waals surface area contributed by atoms with Crippen molar-refractivity contribution in [3.63, 3.8) is 0 Å². The van der Waals surface area contributed by atoms with Crippen LogP contribution in [0.25, 0.3) is 0 Å². The van der Waals surface area contributed by atoms with Gasteiger partial charge in [-0.3, -0.25) is 4.99 Å². The first-order chi connectivity index (χ1) is 14.0. The van der Waals surface area contributed by atoms with Crippen molar-refractivity contribution in [2.45, 2.75) is 38.8 Å². The Labute approximate surface area is 178 Å². The molecule has 3 N–H and O–H groups in total. The molecule has 3 rings (SSSR count). The fourth-order valence-corrected chi connectivity index (χ4v) is 3.51. The van der Waals surface area contributed by atoms with E-state index in [9.17, 15) is 5.11 Å². The summed E-state index contributed by atoms with van der Waals surface area (Å²) in [5.41, 5.74) is 1.99. The second kappa shape index (κ2) is 10.5. The number of aromatic nitrogens is 1. The number of piperidine rings is 1. The second-order valence-corrected chi connectivity index (χ2v) is 7.82. The van der Waals surface area contributed by atoms with Gasteiger partial charge >= 0.3 is 0 Å². The van der Waals surface area contributed by atoms with Gasteiger partial charge in [0, 0.05) is 36.9 Å². The molecular weight excluding hydrogens is 386 g/mol. The van der Waals surface area contributed by atoms with E-state index < -0.39 is 6.10 Å². The minimum Gasteiger partial charge on any atom is -0.386 e. The van der Waals surface area contributed by atoms with Crippen molar-refractivity contribution in [3.05, 3.63) is 58.7 Å². The van der Waals surface area contributed by atoms with Crippen molar-refractivity contribution in [2.24, 2.45) is 4.99 Å². The predicted octanol–water partition coefficient (Wildman–Crippen LogP) is 3.30. The molecule has 1 aromatic carbocycles. The Balaban J connectivity index is 1.53. The van der Waals surface area contributed by atoms with Crippen molar-refractivity contribution in [2.75, 3.05) is 31.1 Å². The molecule has 1 aromatic heterocycles. The van der Waals surface area contributed by atoms with E-state index in [1.54, 1.807) is 12.1 Å². The molecule has 0 aliphatic carbocycles. The fraction of sp³-hybridized carbons (Fsp3) is 0.455. The van der Waals surface area contributed by atoms with Gasteiger partial charge in [-0.05, 0) is 56.0 Å². The Bertz CT molecular complexity index is 786. The van der Waals surface area contributed by atoms with E-state index >= 15 is 0 Å². The molecule has 1 saturated heterocycles. The minimum atomic E-state index is -0.655. The first-order valence-electron chi connectivity index (χ1n) is 10.2. The van der Waals surface area contributed by atoms with Crippen LogP contribution in [0.15, 0.2) is 47.6 Å². The molecule has 1 aliphatic rings. The van der Waals surface area contributed by atoms with Crippen molar-refractivity contribution >= 4 is 23.4 Å². The van der Waals surface area contributed by atoms with Gasteiger partial charge in [-0.2, -0.15) is 0 Å². The van der Waals surface area contributed by atoms with Crippen LogP contribution in [0.2, 0.25) is 5.02 Å². The Morgan fingerprint density at radius 1 is 1.24 bits per heavy atom. The van der Waals surface area contributed by atoms with Crippen LogP contribution >= 0.6 is 11.6 Å². The molecule has 1 atom stereocenters. The SMILES string of the molecule is CCNC(=NCC(O)c1ccc(Cl)cc1)NC1CCN(c2ccc(C)cn2)CC1. The highest BCUT2D eigenvalue weighted by molar-refractivity contribution is 6.30. The number of pyridine rings is 1. The summed E-state index contributed by atoms with van der Waals surface area (Å²) < 4.78 is 0. The number of benzene rings is 1. The molecular formula is C22H30ClN5O. The summed E-state index contributed by atoms with van der Waals surface area (Å²) in [5.74, 6) is 1.79. The Morgan fingerprint density at radius 3 is 2.59 bits per heavy atom. The van der Waals surface area contributed by atoms with Crippen LogP contribution in [0.4, 0.5) is 5.82 Å². The van der Waals surface area contributed by atoms with Crippen LogP contribution in [0.5, 0.6) is 0 Å². The molecule has 29 heavy (non-hydrogen) atoms. The van der Waals surface area contributed by atoms with Crippen LogP contribution in [0.3, 0.4) is 0 Å². The van der Waals surface area contributed by atoms with Crippen LogP contribution < -0.4 is 15.5 Å². The second-order valence-electron chi connectivity index (χ2n) is 7.39. The average Bonchev–Trinajstić information content (AvgIpc) is 2.74. The molecule has 1 unspecified atom stereocenters. The number of nitrogens with zero attached hydrogens (tertiary/aromatic N) is 3. The monoisotopic (exact) mass is 415 g/mol. The van der Waals surface area contributed by atoms with Crippen molar-refractivity contribution in [1.29, 1.82) is 0 Å². The van der Waals surface area contributed by atoms with Gasteiger partial charge in [0.1, 0.15) is 5.82 Å². The van der Waals surface area contributed by atoms with Gasteiger partial charge in [0.05, 0.1) is 12.6 Å². The summed E-state index contributed by atoms with van der Waals surface area (Å²) in [6.45, 7) is 7.08. The van der Waals surface area contributed by atoms with E-state index in [4.69, 9.17) is 11.6 Å². The summed E-state index contributed by atoms with van der Waals surface area (Å²) in [4.78, 5) is 11.4. The van der Waals surface area contributed by atoms with Crippen LogP contribution in [0.1, 0.15) is 37.0 Å². The zero-order valence-corrected chi connectivity index (χ0v) is 17.9. The number of aryl methyl sites for hydroxylation is 1. The van der Waals surface area contributed by atoms with Gasteiger partial charge in [0.15, 0.2) is 5.96 Å². The molecule has 0 amide bonds. The fourth-order valence-electron chi connectivity index (χ4n) is 3.38. The molecule has 0 bridgehead atoms. The lowest BCUT2D eigenvalue weighted by Crippen LogP contribution is -2.49. The largest absolute Gasteiger partial charge is 0.386 e. The third kappa shape index (κ3) is 6.34. The third-order valence-electron chi connectivity index (χ3n) is 5.08. The Kier molecular flexibility index (Phi) is 7.72. The maximum Gasteiger partial charge on any atom is 0.191 e. The number of hydrogen-bond donors (Lipinski definition) is 3. The Hall–Kier alpha value is -2.31. The summed E-state index contributed by atoms with van der Waals surface area (Å²) in [5, 5.41) is 17.8. The molecule has 0 saturated carbocycles. The number of halogens is 1. The first-order valence-corrected chi connectivity index (χ1v) is 10.6. The van der Waals surface area contributed by atoms with E-state index in [-0.39, 0.29) is 0 Å². The summed E-state index contributed by atoms with van der Waals surface area (Å²) >= 11 is 5.91. The number of aliphatic hydroxyl groups is 1. The van der Waals surface area contributed by atoms with E-state index in [0.717, 1.165) is 49.8 Å². The van der Waals surface area contributed by atoms with E-state index in [0.29, 0.717) is 17.6 Å². The molecule has 156 valence electrons. The molecule has 2 aromatic rings. The summed E-state index contributed by atoms with van der Waals surface area (Å²) in [7, 11) is 0. The van der Waals surface area contributed by atoms with Gasteiger partial charge < -0.3 is 20.6 Å². The number of aliphatic hydroxyl groups excluding tert-OH is 1. The normalized spacial score (nSPS) is 16.6. The van der Waals surface area contributed by atoms with Gasteiger partial charge in [0.25, 0.3) is 0 Å². The third-order valence-corrected chi connectivity index (χ3v) is 5.33. The lowest BCUT2D eigenvalue weighted by molar-refractivity contribution is 0.187. The van der Waals surface area contributed by atoms with Crippen molar-refractivity contribution < 1.29 is 5.11 Å². The molecule has 2 heterocycles. The average molecular weight is 416 g/mol. The van der Waals surface area contributed by atoms with Crippen LogP contribution in [-0.4, -0.2) is 48.3 Å². The molecule has 0 spiro atoms. The molecule has 1 aliphatic heterocycles. The maximum atomic E-state index is 10.4. The zero-order chi connectivity index (χ0) is 20.6. The standard InChI is InChI=1S/C22H30ClN5O/c1-3-24-22(26-15-20(29)17-5-7-18(23)8-6-17)27-19-10-12-28(13-11-19)21-9-4-16(2)14-25-21/h4-9,14,19-20,29H,3,10-13,15H2,1-2H3,(H2,24,26,27). The molecule has 6 nitrogen and oxygen atoms in total. The van der Waals surface area contributed by atoms with Gasteiger partial charge in [0.2, 0.25) is 0 Å². The predicted molar refractivity (Wildman–Crippen MR) is 120 cm³/mol. The lowest BCUT2D eigenvalue weighted by atomic mass is 10.1. The van der Waals surface area contributed by atoms with Crippen LogP contribution in [-0.2, 0) is 0 Å². The number of guanidine groups is 1. The van der Waals surface area contributed by atoms with E-state index in [2.05, 4.69) is 44.6 Å².